The molecule has 6 heteroatoms. The van der Waals surface area contributed by atoms with Crippen LogP contribution in [0.1, 0.15) is 21.5 Å². The fourth-order valence-electron chi connectivity index (χ4n) is 3.07. The topological polar surface area (TPSA) is 67.2 Å². The number of nitrogens with one attached hydrogen (secondary N) is 2. The number of benzene rings is 3. The first kappa shape index (κ1) is 18.8. The minimum absolute atomic E-state index is 0.222. The van der Waals surface area contributed by atoms with E-state index in [0.717, 1.165) is 22.4 Å². The van der Waals surface area contributed by atoms with Crippen LogP contribution in [-0.2, 0) is 0 Å². The van der Waals surface area contributed by atoms with Gasteiger partial charge < -0.3 is 9.73 Å². The zero-order valence-electron chi connectivity index (χ0n) is 16.0. The van der Waals surface area contributed by atoms with Crippen molar-refractivity contribution in [3.8, 4) is 11.5 Å². The molecule has 2 N–H and O–H groups in total. The second-order valence-electron chi connectivity index (χ2n) is 6.79. The van der Waals surface area contributed by atoms with Crippen molar-refractivity contribution in [3.05, 3.63) is 83.4 Å². The van der Waals surface area contributed by atoms with Crippen molar-refractivity contribution >= 4 is 40.0 Å². The van der Waals surface area contributed by atoms with Crippen LogP contribution in [0.25, 0.3) is 22.6 Å². The number of aromatic nitrogens is 1. The van der Waals surface area contributed by atoms with Crippen LogP contribution in [0.15, 0.2) is 71.1 Å². The van der Waals surface area contributed by atoms with Gasteiger partial charge in [-0.15, -0.1) is 0 Å². The fourth-order valence-corrected chi connectivity index (χ4v) is 3.28. The lowest BCUT2D eigenvalue weighted by Crippen LogP contribution is -2.34. The number of hydrogen-bond donors (Lipinski definition) is 2. The number of carbonyl (C=O) groups is 1. The molecular weight excluding hydrogens is 382 g/mol. The number of rotatable bonds is 3. The summed E-state index contributed by atoms with van der Waals surface area (Å²) in [5.41, 5.74) is 5.66. The van der Waals surface area contributed by atoms with Gasteiger partial charge in [-0.1, -0.05) is 35.9 Å². The van der Waals surface area contributed by atoms with Gasteiger partial charge in [0.2, 0.25) is 5.89 Å². The maximum atomic E-state index is 12.4. The van der Waals surface area contributed by atoms with Gasteiger partial charge >= 0.3 is 0 Å². The van der Waals surface area contributed by atoms with Crippen molar-refractivity contribution < 1.29 is 9.21 Å². The molecule has 0 spiro atoms. The third kappa shape index (κ3) is 4.17. The number of oxazole rings is 1. The Morgan fingerprint density at radius 2 is 1.83 bits per heavy atom. The first-order chi connectivity index (χ1) is 14.0. The van der Waals surface area contributed by atoms with Crippen molar-refractivity contribution in [2.75, 3.05) is 5.32 Å². The molecule has 29 heavy (non-hydrogen) atoms. The third-order valence-corrected chi connectivity index (χ3v) is 4.73. The molecule has 0 saturated heterocycles. The molecule has 0 aliphatic heterocycles. The Kier molecular flexibility index (Phi) is 5.10. The predicted octanol–water partition coefficient (Wildman–Crippen LogP) is 5.24. The quantitative estimate of drug-likeness (QED) is 0.460. The van der Waals surface area contributed by atoms with Gasteiger partial charge in [0.05, 0.1) is 0 Å². The van der Waals surface area contributed by atoms with Crippen LogP contribution in [0.4, 0.5) is 5.69 Å². The minimum atomic E-state index is -0.246. The van der Waals surface area contributed by atoms with Crippen molar-refractivity contribution in [1.82, 2.24) is 10.3 Å². The molecule has 144 valence electrons. The summed E-state index contributed by atoms with van der Waals surface area (Å²) < 4.78 is 5.86. The number of anilines is 1. The molecule has 0 bridgehead atoms. The Hall–Kier alpha value is -3.51. The van der Waals surface area contributed by atoms with Gasteiger partial charge in [-0.2, -0.15) is 0 Å². The van der Waals surface area contributed by atoms with E-state index in [1.54, 1.807) is 6.07 Å². The molecule has 1 heterocycles. The molecule has 0 unspecified atom stereocenters. The van der Waals surface area contributed by atoms with Gasteiger partial charge in [-0.3, -0.25) is 10.1 Å². The standard InChI is InChI=1S/C23H19N3O2S/c1-14-6-5-8-16(12-14)22-25-19-13-17(10-11-20(19)28-22)24-23(29)26-21(27)18-9-4-3-7-15(18)2/h3-13H,1-2H3,(H2,24,26,27,29). The zero-order valence-corrected chi connectivity index (χ0v) is 16.8. The summed E-state index contributed by atoms with van der Waals surface area (Å²) in [5, 5.41) is 5.96. The Balaban J connectivity index is 1.50. The van der Waals surface area contributed by atoms with E-state index in [1.807, 2.05) is 74.5 Å². The maximum absolute atomic E-state index is 12.4. The van der Waals surface area contributed by atoms with Gasteiger partial charge in [0.25, 0.3) is 5.91 Å². The van der Waals surface area contributed by atoms with Gasteiger partial charge in [-0.05, 0) is 68.0 Å². The largest absolute Gasteiger partial charge is 0.436 e. The van der Waals surface area contributed by atoms with Crippen molar-refractivity contribution in [2.45, 2.75) is 13.8 Å². The first-order valence-electron chi connectivity index (χ1n) is 9.15. The van der Waals surface area contributed by atoms with Gasteiger partial charge in [0.15, 0.2) is 10.7 Å². The Labute approximate surface area is 173 Å². The average Bonchev–Trinajstić information content (AvgIpc) is 3.11. The monoisotopic (exact) mass is 401 g/mol. The Bertz CT molecular complexity index is 1230. The highest BCUT2D eigenvalue weighted by atomic mass is 32.1. The number of fused-ring (bicyclic) bond motifs is 1. The third-order valence-electron chi connectivity index (χ3n) is 4.53. The molecule has 5 nitrogen and oxygen atoms in total. The van der Waals surface area contributed by atoms with Crippen LogP contribution in [0.2, 0.25) is 0 Å². The van der Waals surface area contributed by atoms with Gasteiger partial charge in [0, 0.05) is 16.8 Å². The van der Waals surface area contributed by atoms with E-state index in [0.29, 0.717) is 22.6 Å². The van der Waals surface area contributed by atoms with E-state index in [9.17, 15) is 4.79 Å². The highest BCUT2D eigenvalue weighted by molar-refractivity contribution is 7.80. The lowest BCUT2D eigenvalue weighted by molar-refractivity contribution is 0.0977. The normalized spacial score (nSPS) is 10.7. The zero-order chi connectivity index (χ0) is 20.4. The lowest BCUT2D eigenvalue weighted by Gasteiger charge is -2.10. The molecule has 0 radical (unpaired) electrons. The van der Waals surface area contributed by atoms with E-state index in [2.05, 4.69) is 15.6 Å². The summed E-state index contributed by atoms with van der Waals surface area (Å²) in [6.45, 7) is 3.91. The van der Waals surface area contributed by atoms with E-state index in [-0.39, 0.29) is 11.0 Å². The molecule has 1 aromatic heterocycles. The van der Waals surface area contributed by atoms with E-state index in [4.69, 9.17) is 16.6 Å². The van der Waals surface area contributed by atoms with E-state index >= 15 is 0 Å². The maximum Gasteiger partial charge on any atom is 0.257 e. The van der Waals surface area contributed by atoms with Gasteiger partial charge in [0.1, 0.15) is 5.52 Å². The van der Waals surface area contributed by atoms with Crippen LogP contribution in [0.5, 0.6) is 0 Å². The molecule has 3 aromatic carbocycles. The second-order valence-corrected chi connectivity index (χ2v) is 7.20. The predicted molar refractivity (Wildman–Crippen MR) is 119 cm³/mol. The summed E-state index contributed by atoms with van der Waals surface area (Å²) in [6, 6.07) is 20.9. The van der Waals surface area contributed by atoms with E-state index < -0.39 is 0 Å². The molecule has 0 atom stereocenters. The minimum Gasteiger partial charge on any atom is -0.436 e. The van der Waals surface area contributed by atoms with Crippen LogP contribution < -0.4 is 10.6 Å². The molecule has 1 amide bonds. The highest BCUT2D eigenvalue weighted by Gasteiger charge is 2.12. The number of nitrogens with zero attached hydrogens (tertiary/aromatic N) is 1. The smallest absolute Gasteiger partial charge is 0.257 e. The van der Waals surface area contributed by atoms with Crippen molar-refractivity contribution in [2.24, 2.45) is 0 Å². The highest BCUT2D eigenvalue weighted by Crippen LogP contribution is 2.26. The number of carbonyl (C=O) groups excluding carboxylic acids is 1. The average molecular weight is 401 g/mol. The Morgan fingerprint density at radius 1 is 1.00 bits per heavy atom. The van der Waals surface area contributed by atoms with Crippen LogP contribution >= 0.6 is 12.2 Å². The fraction of sp³-hybridized carbons (Fsp3) is 0.0870. The molecule has 4 aromatic rings. The molecule has 0 aliphatic rings. The molecule has 4 rings (SSSR count). The summed E-state index contributed by atoms with van der Waals surface area (Å²) >= 11 is 5.29. The summed E-state index contributed by atoms with van der Waals surface area (Å²) in [4.78, 5) is 17.0. The van der Waals surface area contributed by atoms with Crippen LogP contribution in [0, 0.1) is 13.8 Å². The number of thiocarbonyl (C=S) groups is 1. The SMILES string of the molecule is Cc1cccc(-c2nc3cc(NC(=S)NC(=O)c4ccccc4C)ccc3o2)c1. The van der Waals surface area contributed by atoms with Crippen LogP contribution in [-0.4, -0.2) is 16.0 Å². The van der Waals surface area contributed by atoms with Crippen molar-refractivity contribution in [1.29, 1.82) is 0 Å². The molecular formula is C23H19N3O2S. The summed E-state index contributed by atoms with van der Waals surface area (Å²) in [6.07, 6.45) is 0. The molecule has 0 fully saturated rings. The Morgan fingerprint density at radius 3 is 2.62 bits per heavy atom. The lowest BCUT2D eigenvalue weighted by atomic mass is 10.1. The first-order valence-corrected chi connectivity index (χ1v) is 9.56. The summed E-state index contributed by atoms with van der Waals surface area (Å²) in [7, 11) is 0. The summed E-state index contributed by atoms with van der Waals surface area (Å²) in [5.74, 6) is 0.320. The number of amides is 1. The second kappa shape index (κ2) is 7.85. The van der Waals surface area contributed by atoms with E-state index in [1.165, 1.54) is 0 Å². The number of aryl methyl sites for hydroxylation is 2. The van der Waals surface area contributed by atoms with Gasteiger partial charge in [-0.25, -0.2) is 4.98 Å². The molecule has 0 aliphatic carbocycles. The van der Waals surface area contributed by atoms with Crippen molar-refractivity contribution in [3.63, 3.8) is 0 Å². The molecule has 0 saturated carbocycles. The number of hydrogen-bond acceptors (Lipinski definition) is 4. The van der Waals surface area contributed by atoms with Crippen LogP contribution in [0.3, 0.4) is 0 Å².